The van der Waals surface area contributed by atoms with Crippen LogP contribution in [0.25, 0.3) is 0 Å². The normalized spacial score (nSPS) is 10.3. The summed E-state index contributed by atoms with van der Waals surface area (Å²) in [5, 5.41) is 9.39. The van der Waals surface area contributed by atoms with Crippen molar-refractivity contribution in [3.05, 3.63) is 26.7 Å². The minimum Gasteiger partial charge on any atom is -0.481 e. The van der Waals surface area contributed by atoms with E-state index < -0.39 is 5.97 Å². The van der Waals surface area contributed by atoms with Crippen LogP contribution in [0.2, 0.25) is 10.0 Å². The third kappa shape index (κ3) is 3.87. The highest BCUT2D eigenvalue weighted by atomic mass is 79.9. The second-order valence-electron chi connectivity index (χ2n) is 2.67. The van der Waals surface area contributed by atoms with Crippen LogP contribution in [-0.4, -0.2) is 16.8 Å². The smallest absolute Gasteiger partial charge is 0.304 e. The van der Waals surface area contributed by atoms with Crippen molar-refractivity contribution >= 4 is 56.9 Å². The molecule has 1 aromatic rings. The molecule has 6 heteroatoms. The van der Waals surface area contributed by atoms with Gasteiger partial charge in [-0.1, -0.05) is 23.2 Å². The molecule has 0 fully saturated rings. The highest BCUT2D eigenvalue weighted by Crippen LogP contribution is 2.37. The van der Waals surface area contributed by atoms with E-state index in [4.69, 9.17) is 28.3 Å². The van der Waals surface area contributed by atoms with Crippen LogP contribution >= 0.6 is 50.9 Å². The summed E-state index contributed by atoms with van der Waals surface area (Å²) in [6, 6.07) is 3.60. The topological polar surface area (TPSA) is 37.3 Å². The first kappa shape index (κ1) is 13.2. The molecule has 0 aliphatic heterocycles. The average molecular weight is 330 g/mol. The largest absolute Gasteiger partial charge is 0.481 e. The molecule has 0 amide bonds. The number of carbonyl (C=O) groups is 1. The number of aliphatic carboxylic acids is 1. The summed E-state index contributed by atoms with van der Waals surface area (Å²) in [5.41, 5.74) is 0. The summed E-state index contributed by atoms with van der Waals surface area (Å²) in [4.78, 5) is 11.1. The van der Waals surface area contributed by atoms with Crippen molar-refractivity contribution in [2.75, 3.05) is 5.75 Å². The maximum absolute atomic E-state index is 10.3. The van der Waals surface area contributed by atoms with Crippen LogP contribution in [0.5, 0.6) is 0 Å². The van der Waals surface area contributed by atoms with Gasteiger partial charge in [0, 0.05) is 15.1 Å². The number of hydrogen-bond acceptors (Lipinski definition) is 2. The molecular weight excluding hydrogens is 323 g/mol. The number of hydrogen-bond donors (Lipinski definition) is 1. The standard InChI is InChI=1S/C9H7BrCl2O2S/c10-5-1-2-6(9(12)8(5)11)15-4-3-7(13)14/h1-2H,3-4H2,(H,13,14). The quantitative estimate of drug-likeness (QED) is 0.660. The Morgan fingerprint density at radius 2 is 2.07 bits per heavy atom. The van der Waals surface area contributed by atoms with Gasteiger partial charge in [0.15, 0.2) is 0 Å². The monoisotopic (exact) mass is 328 g/mol. The lowest BCUT2D eigenvalue weighted by atomic mass is 10.4. The minimum atomic E-state index is -0.818. The average Bonchev–Trinajstić information content (AvgIpc) is 2.18. The van der Waals surface area contributed by atoms with Crippen molar-refractivity contribution in [3.63, 3.8) is 0 Å². The maximum atomic E-state index is 10.3. The Kier molecular flexibility index (Phi) is 5.26. The summed E-state index contributed by atoms with van der Waals surface area (Å²) in [5.74, 6) is -0.339. The van der Waals surface area contributed by atoms with Crippen molar-refractivity contribution in [2.45, 2.75) is 11.3 Å². The second kappa shape index (κ2) is 5.99. The molecule has 0 radical (unpaired) electrons. The van der Waals surface area contributed by atoms with Gasteiger partial charge < -0.3 is 5.11 Å². The Morgan fingerprint density at radius 1 is 1.40 bits per heavy atom. The van der Waals surface area contributed by atoms with Crippen LogP contribution in [0.3, 0.4) is 0 Å². The Morgan fingerprint density at radius 3 is 2.67 bits per heavy atom. The lowest BCUT2D eigenvalue weighted by Gasteiger charge is -2.05. The molecule has 15 heavy (non-hydrogen) atoms. The third-order valence-corrected chi connectivity index (χ3v) is 4.52. The number of thioether (sulfide) groups is 1. The van der Waals surface area contributed by atoms with Crippen LogP contribution in [0.1, 0.15) is 6.42 Å². The molecule has 0 heterocycles. The molecule has 1 N–H and O–H groups in total. The van der Waals surface area contributed by atoms with Crippen molar-refractivity contribution in [1.29, 1.82) is 0 Å². The Hall–Kier alpha value is 0.1000. The summed E-state index contributed by atoms with van der Waals surface area (Å²) in [7, 11) is 0. The van der Waals surface area contributed by atoms with E-state index >= 15 is 0 Å². The zero-order valence-electron chi connectivity index (χ0n) is 7.47. The van der Waals surface area contributed by atoms with Gasteiger partial charge in [0.05, 0.1) is 16.5 Å². The first-order valence-corrected chi connectivity index (χ1v) is 6.54. The number of rotatable bonds is 4. The van der Waals surface area contributed by atoms with Gasteiger partial charge in [-0.15, -0.1) is 11.8 Å². The van der Waals surface area contributed by atoms with Crippen LogP contribution in [0.15, 0.2) is 21.5 Å². The van der Waals surface area contributed by atoms with Gasteiger partial charge in [0.1, 0.15) is 0 Å². The van der Waals surface area contributed by atoms with Gasteiger partial charge in [0.25, 0.3) is 0 Å². The second-order valence-corrected chi connectivity index (χ2v) is 5.41. The van der Waals surface area contributed by atoms with Gasteiger partial charge in [0.2, 0.25) is 0 Å². The maximum Gasteiger partial charge on any atom is 0.304 e. The fraction of sp³-hybridized carbons (Fsp3) is 0.222. The lowest BCUT2D eigenvalue weighted by Crippen LogP contribution is -1.95. The molecule has 0 aliphatic carbocycles. The predicted molar refractivity (Wildman–Crippen MR) is 67.1 cm³/mol. The molecular formula is C9H7BrCl2O2S. The Labute approximate surface area is 110 Å². The molecule has 2 nitrogen and oxygen atoms in total. The summed E-state index contributed by atoms with van der Waals surface area (Å²) in [6.45, 7) is 0. The third-order valence-electron chi connectivity index (χ3n) is 1.57. The van der Waals surface area contributed by atoms with Crippen molar-refractivity contribution in [1.82, 2.24) is 0 Å². The van der Waals surface area contributed by atoms with E-state index in [9.17, 15) is 4.79 Å². The van der Waals surface area contributed by atoms with Gasteiger partial charge >= 0.3 is 5.97 Å². The molecule has 1 rings (SSSR count). The van der Waals surface area contributed by atoms with Crippen LogP contribution < -0.4 is 0 Å². The molecule has 0 unspecified atom stereocenters. The zero-order chi connectivity index (χ0) is 11.4. The molecule has 1 aromatic carbocycles. The number of carboxylic acid groups (broad SMARTS) is 1. The SMILES string of the molecule is O=C(O)CCSc1ccc(Br)c(Cl)c1Cl. The zero-order valence-corrected chi connectivity index (χ0v) is 11.4. The Balaban J connectivity index is 2.70. The first-order chi connectivity index (χ1) is 7.02. The van der Waals surface area contributed by atoms with E-state index in [-0.39, 0.29) is 6.42 Å². The van der Waals surface area contributed by atoms with E-state index in [0.717, 1.165) is 9.37 Å². The Bertz CT molecular complexity index is 385. The first-order valence-electron chi connectivity index (χ1n) is 4.00. The van der Waals surface area contributed by atoms with Crippen LogP contribution in [-0.2, 0) is 4.79 Å². The fourth-order valence-corrected chi connectivity index (χ4v) is 2.75. The molecule has 82 valence electrons. The molecule has 0 spiro atoms. The van der Waals surface area contributed by atoms with E-state index in [1.165, 1.54) is 11.8 Å². The highest BCUT2D eigenvalue weighted by molar-refractivity contribution is 9.10. The number of benzene rings is 1. The van der Waals surface area contributed by atoms with Gasteiger partial charge in [-0.05, 0) is 28.1 Å². The minimum absolute atomic E-state index is 0.106. The van der Waals surface area contributed by atoms with Gasteiger partial charge in [-0.3, -0.25) is 4.79 Å². The van der Waals surface area contributed by atoms with E-state index in [1.54, 1.807) is 6.07 Å². The van der Waals surface area contributed by atoms with Gasteiger partial charge in [-0.2, -0.15) is 0 Å². The van der Waals surface area contributed by atoms with Crippen molar-refractivity contribution < 1.29 is 9.90 Å². The van der Waals surface area contributed by atoms with Crippen molar-refractivity contribution in [2.24, 2.45) is 0 Å². The molecule has 0 saturated carbocycles. The summed E-state index contributed by atoms with van der Waals surface area (Å²) >= 11 is 16.5. The van der Waals surface area contributed by atoms with Crippen molar-refractivity contribution in [3.8, 4) is 0 Å². The molecule has 0 saturated heterocycles. The predicted octanol–water partition coefficient (Wildman–Crippen LogP) is 4.32. The molecule has 0 aromatic heterocycles. The fourth-order valence-electron chi connectivity index (χ4n) is 0.868. The lowest BCUT2D eigenvalue weighted by molar-refractivity contribution is -0.136. The summed E-state index contributed by atoms with van der Waals surface area (Å²) in [6.07, 6.45) is 0.106. The van der Waals surface area contributed by atoms with E-state index in [0.29, 0.717) is 15.8 Å². The number of carboxylic acids is 1. The van der Waals surface area contributed by atoms with Crippen LogP contribution in [0.4, 0.5) is 0 Å². The van der Waals surface area contributed by atoms with E-state index in [2.05, 4.69) is 15.9 Å². The van der Waals surface area contributed by atoms with Gasteiger partial charge in [-0.25, -0.2) is 0 Å². The molecule has 0 aliphatic rings. The number of halogens is 3. The van der Waals surface area contributed by atoms with Crippen LogP contribution in [0, 0.1) is 0 Å². The molecule has 0 bridgehead atoms. The molecule has 0 atom stereocenters. The van der Waals surface area contributed by atoms with E-state index in [1.807, 2.05) is 6.07 Å². The highest BCUT2D eigenvalue weighted by Gasteiger charge is 2.09. The summed E-state index contributed by atoms with van der Waals surface area (Å²) < 4.78 is 0.733.